The zero-order valence-corrected chi connectivity index (χ0v) is 13.1. The second kappa shape index (κ2) is 6.30. The Morgan fingerprint density at radius 1 is 1.05 bits per heavy atom. The van der Waals surface area contributed by atoms with E-state index >= 15 is 0 Å². The van der Waals surface area contributed by atoms with Crippen LogP contribution in [0.5, 0.6) is 0 Å². The zero-order valence-electron chi connectivity index (χ0n) is 13.1. The maximum absolute atomic E-state index is 3.79. The van der Waals surface area contributed by atoms with Gasteiger partial charge >= 0.3 is 0 Å². The molecule has 1 heteroatoms. The lowest BCUT2D eigenvalue weighted by Crippen LogP contribution is -2.40. The molecule has 0 aromatic heterocycles. The van der Waals surface area contributed by atoms with Crippen molar-refractivity contribution in [3.05, 3.63) is 35.4 Å². The Balaban J connectivity index is 1.67. The Morgan fingerprint density at radius 2 is 1.80 bits per heavy atom. The van der Waals surface area contributed by atoms with Crippen molar-refractivity contribution in [3.63, 3.8) is 0 Å². The third-order valence-corrected chi connectivity index (χ3v) is 5.66. The Kier molecular flexibility index (Phi) is 4.45. The molecule has 1 N–H and O–H groups in total. The molecule has 2 fully saturated rings. The first-order valence-electron chi connectivity index (χ1n) is 8.61. The molecule has 1 nitrogen and oxygen atoms in total. The van der Waals surface area contributed by atoms with Gasteiger partial charge in [0.1, 0.15) is 0 Å². The molecule has 0 radical (unpaired) electrons. The Labute approximate surface area is 124 Å². The minimum atomic E-state index is 0.697. The van der Waals surface area contributed by atoms with E-state index in [1.807, 2.05) is 0 Å². The molecule has 0 spiro atoms. The highest BCUT2D eigenvalue weighted by Crippen LogP contribution is 2.49. The number of benzene rings is 1. The predicted molar refractivity (Wildman–Crippen MR) is 85.9 cm³/mol. The summed E-state index contributed by atoms with van der Waals surface area (Å²) in [6.45, 7) is 5.58. The fourth-order valence-electron chi connectivity index (χ4n) is 4.59. The van der Waals surface area contributed by atoms with Crippen molar-refractivity contribution in [1.29, 1.82) is 0 Å². The summed E-state index contributed by atoms with van der Waals surface area (Å²) in [6.07, 6.45) is 8.35. The molecule has 0 heterocycles. The van der Waals surface area contributed by atoms with E-state index in [0.717, 1.165) is 30.7 Å². The lowest BCUT2D eigenvalue weighted by Gasteiger charge is -2.31. The van der Waals surface area contributed by atoms with Crippen LogP contribution in [0.1, 0.15) is 50.7 Å². The molecule has 110 valence electrons. The lowest BCUT2D eigenvalue weighted by atomic mass is 9.81. The highest BCUT2D eigenvalue weighted by atomic mass is 14.9. The van der Waals surface area contributed by atoms with Crippen molar-refractivity contribution in [2.45, 2.75) is 58.4 Å². The molecule has 0 saturated heterocycles. The molecule has 3 rings (SSSR count). The van der Waals surface area contributed by atoms with E-state index in [-0.39, 0.29) is 0 Å². The third-order valence-electron chi connectivity index (χ3n) is 5.66. The van der Waals surface area contributed by atoms with Crippen molar-refractivity contribution in [2.24, 2.45) is 17.8 Å². The summed E-state index contributed by atoms with van der Waals surface area (Å²) in [6, 6.07) is 9.99. The summed E-state index contributed by atoms with van der Waals surface area (Å²) in [5.74, 6) is 2.99. The smallest absolute Gasteiger partial charge is 0.0138 e. The highest BCUT2D eigenvalue weighted by molar-refractivity contribution is 5.23. The van der Waals surface area contributed by atoms with Crippen LogP contribution >= 0.6 is 0 Å². The van der Waals surface area contributed by atoms with E-state index in [9.17, 15) is 0 Å². The minimum Gasteiger partial charge on any atom is -0.314 e. The number of rotatable bonds is 6. The lowest BCUT2D eigenvalue weighted by molar-refractivity contribution is 0.249. The van der Waals surface area contributed by atoms with Crippen LogP contribution in [0.3, 0.4) is 0 Å². The van der Waals surface area contributed by atoms with E-state index in [4.69, 9.17) is 0 Å². The van der Waals surface area contributed by atoms with Gasteiger partial charge in [0, 0.05) is 6.04 Å². The van der Waals surface area contributed by atoms with Gasteiger partial charge < -0.3 is 5.32 Å². The summed E-state index contributed by atoms with van der Waals surface area (Å²) in [5, 5.41) is 3.79. The molecule has 2 bridgehead atoms. The van der Waals surface area contributed by atoms with Gasteiger partial charge in [0.25, 0.3) is 0 Å². The van der Waals surface area contributed by atoms with Gasteiger partial charge in [-0.2, -0.15) is 0 Å². The molecule has 1 aromatic rings. The van der Waals surface area contributed by atoms with Crippen molar-refractivity contribution in [1.82, 2.24) is 5.32 Å². The molecule has 4 atom stereocenters. The molecule has 0 aliphatic heterocycles. The van der Waals surface area contributed by atoms with Crippen LogP contribution in [0.4, 0.5) is 0 Å². The largest absolute Gasteiger partial charge is 0.314 e. The zero-order chi connectivity index (χ0) is 13.9. The number of fused-ring (bicyclic) bond motifs is 2. The first kappa shape index (κ1) is 14.1. The Hall–Kier alpha value is -0.820. The number of nitrogens with one attached hydrogen (secondary N) is 1. The fraction of sp³-hybridized carbons (Fsp3) is 0.684. The van der Waals surface area contributed by atoms with Gasteiger partial charge in [-0.1, -0.05) is 44.5 Å². The second-order valence-electron chi connectivity index (χ2n) is 6.88. The van der Waals surface area contributed by atoms with E-state index in [1.165, 1.54) is 43.2 Å². The topological polar surface area (TPSA) is 12.0 Å². The van der Waals surface area contributed by atoms with Crippen molar-refractivity contribution in [2.75, 3.05) is 6.54 Å². The molecule has 1 aromatic carbocycles. The fourth-order valence-corrected chi connectivity index (χ4v) is 4.59. The molecule has 20 heavy (non-hydrogen) atoms. The third kappa shape index (κ3) is 2.93. The summed E-state index contributed by atoms with van der Waals surface area (Å²) in [5.41, 5.74) is 2.96. The van der Waals surface area contributed by atoms with Crippen LogP contribution in [-0.4, -0.2) is 12.6 Å². The van der Waals surface area contributed by atoms with E-state index in [0.29, 0.717) is 6.04 Å². The summed E-state index contributed by atoms with van der Waals surface area (Å²) in [4.78, 5) is 0. The molecule has 0 amide bonds. The number of aryl methyl sites for hydroxylation is 1. The number of hydrogen-bond donors (Lipinski definition) is 1. The second-order valence-corrected chi connectivity index (χ2v) is 6.88. The number of likely N-dealkylation sites (N-methyl/N-ethyl adjacent to an activating group) is 1. The van der Waals surface area contributed by atoms with Gasteiger partial charge in [0.15, 0.2) is 0 Å². The highest BCUT2D eigenvalue weighted by Gasteiger charge is 2.42. The van der Waals surface area contributed by atoms with E-state index < -0.39 is 0 Å². The van der Waals surface area contributed by atoms with E-state index in [2.05, 4.69) is 43.4 Å². The average molecular weight is 271 g/mol. The molecular formula is C19H29N. The van der Waals surface area contributed by atoms with Crippen molar-refractivity contribution in [3.8, 4) is 0 Å². The summed E-state index contributed by atoms with van der Waals surface area (Å²) >= 11 is 0. The van der Waals surface area contributed by atoms with Crippen LogP contribution in [-0.2, 0) is 12.8 Å². The minimum absolute atomic E-state index is 0.697. The molecule has 2 aliphatic rings. The van der Waals surface area contributed by atoms with Gasteiger partial charge in [-0.15, -0.1) is 0 Å². The van der Waals surface area contributed by atoms with Crippen LogP contribution in [0.15, 0.2) is 24.3 Å². The Bertz CT molecular complexity index is 422. The van der Waals surface area contributed by atoms with Gasteiger partial charge in [-0.05, 0) is 67.5 Å². The van der Waals surface area contributed by atoms with Gasteiger partial charge in [0.05, 0.1) is 0 Å². The monoisotopic (exact) mass is 271 g/mol. The molecular weight excluding hydrogens is 242 g/mol. The molecule has 4 unspecified atom stereocenters. The van der Waals surface area contributed by atoms with Gasteiger partial charge in [-0.3, -0.25) is 0 Å². The van der Waals surface area contributed by atoms with Crippen LogP contribution in [0.2, 0.25) is 0 Å². The van der Waals surface area contributed by atoms with Crippen LogP contribution < -0.4 is 5.32 Å². The first-order chi connectivity index (χ1) is 9.80. The maximum atomic E-state index is 3.79. The van der Waals surface area contributed by atoms with E-state index in [1.54, 1.807) is 0 Å². The predicted octanol–water partition coefficient (Wildman–Crippen LogP) is 4.21. The van der Waals surface area contributed by atoms with Crippen molar-refractivity contribution >= 4 is 0 Å². The van der Waals surface area contributed by atoms with Crippen molar-refractivity contribution < 1.29 is 0 Å². The van der Waals surface area contributed by atoms with Crippen LogP contribution in [0, 0.1) is 17.8 Å². The Morgan fingerprint density at radius 3 is 2.35 bits per heavy atom. The quantitative estimate of drug-likeness (QED) is 0.817. The van der Waals surface area contributed by atoms with Gasteiger partial charge in [-0.25, -0.2) is 0 Å². The summed E-state index contributed by atoms with van der Waals surface area (Å²) in [7, 11) is 0. The van der Waals surface area contributed by atoms with Gasteiger partial charge in [0.2, 0.25) is 0 Å². The standard InChI is InChI=1S/C19H29N/c1-3-14-5-7-15(8-6-14)13-19(20-4-2)18-12-16-9-10-17(18)11-16/h5-8,16-20H,3-4,9-13H2,1-2H3. The number of hydrogen-bond acceptors (Lipinski definition) is 1. The average Bonchev–Trinajstić information content (AvgIpc) is 3.10. The summed E-state index contributed by atoms with van der Waals surface area (Å²) < 4.78 is 0. The van der Waals surface area contributed by atoms with Crippen LogP contribution in [0.25, 0.3) is 0 Å². The maximum Gasteiger partial charge on any atom is 0.0138 e. The SMILES string of the molecule is CCNC(Cc1ccc(CC)cc1)C1CC2CCC1C2. The normalized spacial score (nSPS) is 29.8. The first-order valence-corrected chi connectivity index (χ1v) is 8.61. The molecule has 2 aliphatic carbocycles. The molecule has 2 saturated carbocycles.